The number of halogens is 1. The molecule has 8 heteroatoms. The Balaban J connectivity index is 1.83. The molecule has 0 aliphatic rings. The van der Waals surface area contributed by atoms with Gasteiger partial charge < -0.3 is 19.5 Å². The molecule has 6 nitrogen and oxygen atoms in total. The minimum absolute atomic E-state index is 0.334. The topological polar surface area (TPSA) is 64.1 Å². The number of unbranched alkanes of at least 4 members (excludes halogenated alkanes) is 3. The molecule has 0 aromatic heterocycles. The van der Waals surface area contributed by atoms with Crippen molar-refractivity contribution in [3.05, 3.63) is 52.5 Å². The molecule has 2 rings (SSSR count). The van der Waals surface area contributed by atoms with Crippen molar-refractivity contribution in [1.29, 1.82) is 0 Å². The average molecular weight is 478 g/mol. The van der Waals surface area contributed by atoms with Crippen molar-refractivity contribution in [3.63, 3.8) is 0 Å². The monoisotopic (exact) mass is 477 g/mol. The highest BCUT2D eigenvalue weighted by Crippen LogP contribution is 2.36. The maximum atomic E-state index is 6.39. The van der Waals surface area contributed by atoms with Crippen molar-refractivity contribution >= 4 is 35.1 Å². The van der Waals surface area contributed by atoms with Crippen LogP contribution < -0.4 is 25.0 Å². The molecule has 0 heterocycles. The first-order valence-electron chi connectivity index (χ1n) is 10.8. The summed E-state index contributed by atoms with van der Waals surface area (Å²) in [4.78, 5) is 0. The van der Waals surface area contributed by atoms with Crippen LogP contribution in [0.5, 0.6) is 17.2 Å². The third-order valence-electron chi connectivity index (χ3n) is 4.70. The van der Waals surface area contributed by atoms with Crippen LogP contribution in [0, 0.1) is 0 Å². The normalized spacial score (nSPS) is 10.8. The molecule has 0 saturated heterocycles. The molecular weight excluding hydrogens is 446 g/mol. The van der Waals surface area contributed by atoms with Gasteiger partial charge in [0.1, 0.15) is 19.0 Å². The Morgan fingerprint density at radius 2 is 1.84 bits per heavy atom. The summed E-state index contributed by atoms with van der Waals surface area (Å²) in [5.74, 6) is 1.81. The summed E-state index contributed by atoms with van der Waals surface area (Å²) in [7, 11) is 3.28. The molecule has 0 aliphatic carbocycles. The van der Waals surface area contributed by atoms with Crippen LogP contribution in [0.2, 0.25) is 5.02 Å². The number of benzene rings is 2. The molecule has 0 saturated carbocycles. The Kier molecular flexibility index (Phi) is 11.7. The highest BCUT2D eigenvalue weighted by atomic mass is 35.5. The maximum absolute atomic E-state index is 6.39. The van der Waals surface area contributed by atoms with Gasteiger partial charge in [0.15, 0.2) is 16.6 Å². The number of hydrogen-bond donors (Lipinski definition) is 2. The molecule has 0 aliphatic heterocycles. The van der Waals surface area contributed by atoms with Gasteiger partial charge in [0.25, 0.3) is 0 Å². The number of hydrogen-bond acceptors (Lipinski definition) is 5. The summed E-state index contributed by atoms with van der Waals surface area (Å²) in [6.07, 6.45) is 7.78. The zero-order valence-electron chi connectivity index (χ0n) is 18.9. The van der Waals surface area contributed by atoms with Crippen LogP contribution in [-0.2, 0) is 6.42 Å². The molecule has 174 valence electrons. The van der Waals surface area contributed by atoms with E-state index in [-0.39, 0.29) is 0 Å². The number of rotatable bonds is 13. The molecule has 0 atom stereocenters. The number of nitrogens with one attached hydrogen (secondary N) is 2. The minimum Gasteiger partial charge on any atom is -0.493 e. The van der Waals surface area contributed by atoms with Crippen molar-refractivity contribution in [2.75, 3.05) is 27.4 Å². The predicted octanol–water partition coefficient (Wildman–Crippen LogP) is 5.36. The van der Waals surface area contributed by atoms with Crippen LogP contribution in [0.25, 0.3) is 0 Å². The third kappa shape index (κ3) is 8.93. The molecule has 0 bridgehead atoms. The summed E-state index contributed by atoms with van der Waals surface area (Å²) in [5.41, 5.74) is 4.77. The fraction of sp³-hybridized carbons (Fsp3) is 0.417. The van der Waals surface area contributed by atoms with Crippen molar-refractivity contribution < 1.29 is 14.2 Å². The van der Waals surface area contributed by atoms with E-state index < -0.39 is 0 Å². The minimum atomic E-state index is 0.334. The fourth-order valence-corrected chi connectivity index (χ4v) is 3.31. The van der Waals surface area contributed by atoms with E-state index in [2.05, 4.69) is 34.9 Å². The largest absolute Gasteiger partial charge is 0.493 e. The molecule has 0 amide bonds. The van der Waals surface area contributed by atoms with Gasteiger partial charge in [-0.3, -0.25) is 5.43 Å². The second-order valence-corrected chi connectivity index (χ2v) is 7.95. The second kappa shape index (κ2) is 14.5. The number of aryl methyl sites for hydroxylation is 1. The average Bonchev–Trinajstić information content (AvgIpc) is 2.81. The molecule has 0 unspecified atom stereocenters. The Morgan fingerprint density at radius 1 is 1.09 bits per heavy atom. The van der Waals surface area contributed by atoms with Gasteiger partial charge in [-0.05, 0) is 60.5 Å². The van der Waals surface area contributed by atoms with Crippen LogP contribution in [0.4, 0.5) is 0 Å². The molecule has 32 heavy (non-hydrogen) atoms. The van der Waals surface area contributed by atoms with E-state index in [1.54, 1.807) is 32.5 Å². The summed E-state index contributed by atoms with van der Waals surface area (Å²) >= 11 is 11.4. The second-order valence-electron chi connectivity index (χ2n) is 7.13. The maximum Gasteiger partial charge on any atom is 0.186 e. The molecule has 2 aromatic carbocycles. The van der Waals surface area contributed by atoms with E-state index in [9.17, 15) is 0 Å². The van der Waals surface area contributed by atoms with Gasteiger partial charge in [-0.15, -0.1) is 0 Å². The standard InChI is InChI=1S/C24H32ClN3O3S/c1-4-5-6-7-8-18-9-11-20(12-10-18)30-13-14-31-23-21(25)15-19(16-22(23)29-3)17-27-28-24(32)26-2/h9-12,15-17H,4-8,13-14H2,1-3H3,(H2,26,28,32)/b27-17+. The summed E-state index contributed by atoms with van der Waals surface area (Å²) in [5, 5.41) is 7.66. The van der Waals surface area contributed by atoms with Gasteiger partial charge in [-0.2, -0.15) is 5.10 Å². The zero-order chi connectivity index (χ0) is 23.2. The van der Waals surface area contributed by atoms with Crippen LogP contribution in [0.15, 0.2) is 41.5 Å². The van der Waals surface area contributed by atoms with E-state index in [1.807, 2.05) is 12.1 Å². The lowest BCUT2D eigenvalue weighted by atomic mass is 10.1. The van der Waals surface area contributed by atoms with Gasteiger partial charge in [0.05, 0.1) is 18.3 Å². The number of thiocarbonyl (C=S) groups is 1. The first-order valence-corrected chi connectivity index (χ1v) is 11.6. The zero-order valence-corrected chi connectivity index (χ0v) is 20.5. The molecule has 0 fully saturated rings. The summed E-state index contributed by atoms with van der Waals surface area (Å²) in [6.45, 7) is 2.95. The van der Waals surface area contributed by atoms with E-state index in [0.29, 0.717) is 34.8 Å². The van der Waals surface area contributed by atoms with E-state index in [0.717, 1.165) is 17.7 Å². The Morgan fingerprint density at radius 3 is 2.53 bits per heavy atom. The molecule has 0 spiro atoms. The number of nitrogens with zero attached hydrogens (tertiary/aromatic N) is 1. The Hall–Kier alpha value is -2.51. The smallest absolute Gasteiger partial charge is 0.186 e. The fourth-order valence-electron chi connectivity index (χ4n) is 2.99. The van der Waals surface area contributed by atoms with Gasteiger partial charge in [-0.25, -0.2) is 0 Å². The quantitative estimate of drug-likeness (QED) is 0.175. The highest BCUT2D eigenvalue weighted by molar-refractivity contribution is 7.80. The molecule has 2 N–H and O–H groups in total. The van der Waals surface area contributed by atoms with Crippen molar-refractivity contribution in [3.8, 4) is 17.2 Å². The van der Waals surface area contributed by atoms with Gasteiger partial charge in [-0.1, -0.05) is 49.9 Å². The van der Waals surface area contributed by atoms with E-state index in [1.165, 1.54) is 31.2 Å². The van der Waals surface area contributed by atoms with Crippen LogP contribution in [0.3, 0.4) is 0 Å². The molecule has 0 radical (unpaired) electrons. The first kappa shape index (κ1) is 25.7. The molecular formula is C24H32ClN3O3S. The first-order chi connectivity index (χ1) is 15.6. The van der Waals surface area contributed by atoms with Crippen molar-refractivity contribution in [2.24, 2.45) is 5.10 Å². The van der Waals surface area contributed by atoms with Gasteiger partial charge >= 0.3 is 0 Å². The van der Waals surface area contributed by atoms with Gasteiger partial charge in [0.2, 0.25) is 0 Å². The molecule has 2 aromatic rings. The summed E-state index contributed by atoms with van der Waals surface area (Å²) in [6, 6.07) is 11.8. The van der Waals surface area contributed by atoms with Crippen molar-refractivity contribution in [2.45, 2.75) is 39.0 Å². The van der Waals surface area contributed by atoms with E-state index >= 15 is 0 Å². The van der Waals surface area contributed by atoms with Crippen molar-refractivity contribution in [1.82, 2.24) is 10.7 Å². The van der Waals surface area contributed by atoms with Crippen LogP contribution in [-0.4, -0.2) is 38.7 Å². The van der Waals surface area contributed by atoms with Crippen LogP contribution in [0.1, 0.15) is 43.7 Å². The van der Waals surface area contributed by atoms with Crippen LogP contribution >= 0.6 is 23.8 Å². The number of methoxy groups -OCH3 is 1. The Labute approximate surface area is 201 Å². The lowest BCUT2D eigenvalue weighted by molar-refractivity contribution is 0.211. The van der Waals surface area contributed by atoms with E-state index in [4.69, 9.17) is 38.0 Å². The highest BCUT2D eigenvalue weighted by Gasteiger charge is 2.12. The third-order valence-corrected chi connectivity index (χ3v) is 5.28. The lowest BCUT2D eigenvalue weighted by Crippen LogP contribution is -2.28. The number of hydrazone groups is 1. The SMILES string of the molecule is CCCCCCc1ccc(OCCOc2c(Cl)cc(/C=N/NC(=S)NC)cc2OC)cc1. The van der Waals surface area contributed by atoms with Gasteiger partial charge in [0, 0.05) is 7.05 Å². The lowest BCUT2D eigenvalue weighted by Gasteiger charge is -2.14. The predicted molar refractivity (Wildman–Crippen MR) is 136 cm³/mol. The summed E-state index contributed by atoms with van der Waals surface area (Å²) < 4.78 is 17.0. The Bertz CT molecular complexity index is 876. The number of ether oxygens (including phenoxy) is 3.